The Labute approximate surface area is 212 Å². The van der Waals surface area contributed by atoms with Gasteiger partial charge in [-0.1, -0.05) is 0 Å². The van der Waals surface area contributed by atoms with Gasteiger partial charge >= 0.3 is 0 Å². The molecular weight excluding hydrogens is 468 g/mol. The van der Waals surface area contributed by atoms with E-state index in [0.29, 0.717) is 0 Å². The summed E-state index contributed by atoms with van der Waals surface area (Å²) in [5, 5.41) is 53.4. The van der Waals surface area contributed by atoms with Crippen molar-refractivity contribution in [1.29, 1.82) is 31.6 Å². The molecule has 0 N–H and O–H groups in total. The first-order valence-electron chi connectivity index (χ1n) is 11.5. The number of hydrogen-bond acceptors (Lipinski definition) is 12. The maximum absolute atomic E-state index is 9.00. The summed E-state index contributed by atoms with van der Waals surface area (Å²) in [4.78, 5) is 0. The van der Waals surface area contributed by atoms with E-state index in [0.717, 1.165) is 0 Å². The molecule has 0 aliphatic heterocycles. The molecule has 0 spiro atoms. The third-order valence-corrected chi connectivity index (χ3v) is 4.48. The molecule has 36 heavy (non-hydrogen) atoms. The number of hydrogen-bond donors (Lipinski definition) is 0. The Morgan fingerprint density at radius 3 is 0.972 bits per heavy atom. The fourth-order valence-electron chi connectivity index (χ4n) is 2.93. The minimum Gasteiger partial charge on any atom is -0.378 e. The average molecular weight is 501 g/mol. The summed E-state index contributed by atoms with van der Waals surface area (Å²) in [7, 11) is 0. The minimum atomic E-state index is -0.871. The first-order chi connectivity index (χ1) is 17.7. The van der Waals surface area contributed by atoms with E-state index in [9.17, 15) is 0 Å². The molecular formula is C24H32N6O6. The zero-order chi connectivity index (χ0) is 26.7. The van der Waals surface area contributed by atoms with Crippen molar-refractivity contribution >= 4 is 0 Å². The first-order valence-corrected chi connectivity index (χ1v) is 11.5. The quantitative estimate of drug-likeness (QED) is 0.185. The number of rotatable bonds is 23. The molecule has 0 saturated heterocycles. The highest BCUT2D eigenvalue weighted by Crippen LogP contribution is 2.21. The van der Waals surface area contributed by atoms with Gasteiger partial charge in [-0.3, -0.25) is 0 Å². The van der Waals surface area contributed by atoms with Crippen molar-refractivity contribution in [3.05, 3.63) is 0 Å². The molecule has 0 aromatic rings. The van der Waals surface area contributed by atoms with E-state index in [1.54, 1.807) is 0 Å². The molecule has 0 aromatic heterocycles. The lowest BCUT2D eigenvalue weighted by Gasteiger charge is -2.37. The fraction of sp³-hybridized carbons (Fsp3) is 0.750. The van der Waals surface area contributed by atoms with Gasteiger partial charge in [0.15, 0.2) is 0 Å². The Kier molecular flexibility index (Phi) is 22.5. The van der Waals surface area contributed by atoms with Crippen LogP contribution in [0.25, 0.3) is 0 Å². The maximum atomic E-state index is 9.00. The third kappa shape index (κ3) is 16.3. The van der Waals surface area contributed by atoms with Crippen LogP contribution in [-0.4, -0.2) is 77.3 Å². The molecule has 0 amide bonds. The Hall–Kier alpha value is -3.30. The van der Waals surface area contributed by atoms with Crippen LogP contribution in [0.2, 0.25) is 0 Å². The van der Waals surface area contributed by atoms with E-state index in [2.05, 4.69) is 0 Å². The summed E-state index contributed by atoms with van der Waals surface area (Å²) in [6.45, 7) is 0.531. The van der Waals surface area contributed by atoms with Crippen LogP contribution >= 0.6 is 0 Å². The van der Waals surface area contributed by atoms with E-state index < -0.39 is 24.4 Å². The third-order valence-electron chi connectivity index (χ3n) is 4.48. The summed E-state index contributed by atoms with van der Waals surface area (Å²) in [6.07, 6.45) is -2.57. The average Bonchev–Trinajstić information content (AvgIpc) is 2.88. The molecule has 0 bridgehead atoms. The minimum absolute atomic E-state index is 0.00262. The number of nitrogens with zero attached hydrogens (tertiary/aromatic N) is 6. The zero-order valence-electron chi connectivity index (χ0n) is 20.3. The van der Waals surface area contributed by atoms with Gasteiger partial charge in [-0.15, -0.1) is 0 Å². The van der Waals surface area contributed by atoms with Crippen LogP contribution in [0.3, 0.4) is 0 Å². The molecule has 0 fully saturated rings. The van der Waals surface area contributed by atoms with Crippen LogP contribution in [0.5, 0.6) is 0 Å². The first kappa shape index (κ1) is 32.7. The van der Waals surface area contributed by atoms with Crippen molar-refractivity contribution in [2.45, 2.75) is 62.9 Å². The second-order valence-electron chi connectivity index (χ2n) is 7.09. The lowest BCUT2D eigenvalue weighted by molar-refractivity contribution is -0.195. The molecule has 0 rings (SSSR count). The van der Waals surface area contributed by atoms with E-state index >= 15 is 0 Å². The monoisotopic (exact) mass is 500 g/mol. The van der Waals surface area contributed by atoms with Gasteiger partial charge in [0.2, 0.25) is 0 Å². The standard InChI is InChI=1S/C24H32N6O6/c25-7-1-13-31-19-21(33-15-3-9-27)23(35-17-5-11-29)24(36-18-6-12-30)22(34-16-4-10-28)20-32-14-2-8-26/h21-24H,1-6,13-20H2/t21-,22-,23-,24+/m0/s1. The van der Waals surface area contributed by atoms with Crippen molar-refractivity contribution in [1.82, 2.24) is 0 Å². The topological polar surface area (TPSA) is 198 Å². The molecule has 12 heteroatoms. The van der Waals surface area contributed by atoms with Gasteiger partial charge in [0, 0.05) is 0 Å². The Morgan fingerprint density at radius 2 is 0.667 bits per heavy atom. The lowest BCUT2D eigenvalue weighted by Crippen LogP contribution is -2.52. The summed E-state index contributed by atoms with van der Waals surface area (Å²) in [6, 6.07) is 12.0. The van der Waals surface area contributed by atoms with Crippen LogP contribution < -0.4 is 0 Å². The second kappa shape index (κ2) is 24.8. The molecule has 0 saturated carbocycles. The fourth-order valence-corrected chi connectivity index (χ4v) is 2.93. The molecule has 0 radical (unpaired) electrons. The molecule has 0 aliphatic rings. The van der Waals surface area contributed by atoms with Crippen LogP contribution in [-0.2, 0) is 28.4 Å². The van der Waals surface area contributed by atoms with E-state index in [1.807, 2.05) is 36.4 Å². The van der Waals surface area contributed by atoms with Gasteiger partial charge in [0.1, 0.15) is 24.4 Å². The highest BCUT2D eigenvalue weighted by Gasteiger charge is 2.38. The number of ether oxygens (including phenoxy) is 6. The Balaban J connectivity index is 6.02. The summed E-state index contributed by atoms with van der Waals surface area (Å²) in [5.41, 5.74) is 0. The van der Waals surface area contributed by atoms with Gasteiger partial charge < -0.3 is 28.4 Å². The number of nitriles is 6. The van der Waals surface area contributed by atoms with Gasteiger partial charge in [0.05, 0.1) is 128 Å². The van der Waals surface area contributed by atoms with Crippen LogP contribution in [0.4, 0.5) is 0 Å². The van der Waals surface area contributed by atoms with Gasteiger partial charge in [-0.2, -0.15) is 31.6 Å². The van der Waals surface area contributed by atoms with Gasteiger partial charge in [-0.25, -0.2) is 0 Å². The second-order valence-corrected chi connectivity index (χ2v) is 7.09. The summed E-state index contributed by atoms with van der Waals surface area (Å²) < 4.78 is 35.0. The zero-order valence-corrected chi connectivity index (χ0v) is 20.3. The van der Waals surface area contributed by atoms with Crippen LogP contribution in [0.15, 0.2) is 0 Å². The molecule has 0 aromatic carbocycles. The van der Waals surface area contributed by atoms with Crippen LogP contribution in [0, 0.1) is 68.0 Å². The van der Waals surface area contributed by atoms with Crippen molar-refractivity contribution < 1.29 is 28.4 Å². The van der Waals surface area contributed by atoms with E-state index in [1.165, 1.54) is 0 Å². The maximum Gasteiger partial charge on any atom is 0.115 e. The smallest absolute Gasteiger partial charge is 0.115 e. The molecule has 4 atom stereocenters. The highest BCUT2D eigenvalue weighted by atomic mass is 16.6. The summed E-state index contributed by atoms with van der Waals surface area (Å²) in [5.74, 6) is 0. The Morgan fingerprint density at radius 1 is 0.389 bits per heavy atom. The van der Waals surface area contributed by atoms with Gasteiger partial charge in [0.25, 0.3) is 0 Å². The van der Waals surface area contributed by atoms with Crippen molar-refractivity contribution in [3.8, 4) is 36.4 Å². The molecule has 0 heterocycles. The lowest BCUT2D eigenvalue weighted by atomic mass is 10.0. The van der Waals surface area contributed by atoms with Crippen molar-refractivity contribution in [2.24, 2.45) is 0 Å². The molecule has 12 nitrogen and oxygen atoms in total. The van der Waals surface area contributed by atoms with Gasteiger partial charge in [-0.05, 0) is 0 Å². The molecule has 194 valence electrons. The summed E-state index contributed by atoms with van der Waals surface area (Å²) >= 11 is 0. The molecule has 0 unspecified atom stereocenters. The van der Waals surface area contributed by atoms with Crippen molar-refractivity contribution in [3.63, 3.8) is 0 Å². The Bertz CT molecular complexity index is 748. The SMILES string of the molecule is N#CCCOC[C@H](OCCC#N)[C@H](OCCC#N)[C@H](OCCC#N)[C@H](COCCC#N)OCCC#N. The normalized spacial score (nSPS) is 13.5. The largest absolute Gasteiger partial charge is 0.378 e. The molecule has 0 aliphatic carbocycles. The predicted octanol–water partition coefficient (Wildman–Crippen LogP) is 2.04. The van der Waals surface area contributed by atoms with E-state index in [4.69, 9.17) is 60.0 Å². The predicted molar refractivity (Wildman–Crippen MR) is 122 cm³/mol. The van der Waals surface area contributed by atoms with Crippen molar-refractivity contribution in [2.75, 3.05) is 52.9 Å². The van der Waals surface area contributed by atoms with E-state index in [-0.39, 0.29) is 91.4 Å². The van der Waals surface area contributed by atoms with Crippen LogP contribution in [0.1, 0.15) is 38.5 Å². The highest BCUT2D eigenvalue weighted by molar-refractivity contribution is 4.88.